The third kappa shape index (κ3) is 2.96. The molecule has 7 heteroatoms. The smallest absolute Gasteiger partial charge is 0.425 e. The Morgan fingerprint density at radius 3 is 2.38 bits per heavy atom. The largest absolute Gasteiger partial charge is 0.479 e. The number of carboxylic acids is 1. The Kier molecular flexibility index (Phi) is 3.30. The maximum Gasteiger partial charge on any atom is 0.425 e. The van der Waals surface area contributed by atoms with Crippen LogP contribution in [0.2, 0.25) is 0 Å². The summed E-state index contributed by atoms with van der Waals surface area (Å²) in [6.45, 7) is 1.04. The van der Waals surface area contributed by atoms with Gasteiger partial charge >= 0.3 is 12.1 Å². The summed E-state index contributed by atoms with van der Waals surface area (Å²) in [5.74, 6) is -1.46. The summed E-state index contributed by atoms with van der Waals surface area (Å²) in [6.07, 6.45) is -4.78. The van der Waals surface area contributed by atoms with Gasteiger partial charge < -0.3 is 10.2 Å². The van der Waals surface area contributed by atoms with Gasteiger partial charge in [-0.25, -0.2) is 4.79 Å². The molecule has 90 valence electrons. The van der Waals surface area contributed by atoms with E-state index < -0.39 is 22.6 Å². The Hall–Kier alpha value is -1.08. The molecule has 0 saturated heterocycles. The fourth-order valence-corrected chi connectivity index (χ4v) is 2.06. The van der Waals surface area contributed by atoms with Crippen molar-refractivity contribution in [2.24, 2.45) is 0 Å². The van der Waals surface area contributed by atoms with E-state index in [1.165, 1.54) is 6.07 Å². The molecule has 0 fully saturated rings. The number of aliphatic carboxylic acids is 1. The first-order chi connectivity index (χ1) is 7.13. The van der Waals surface area contributed by atoms with E-state index in [-0.39, 0.29) is 11.3 Å². The zero-order chi connectivity index (χ0) is 12.6. The molecule has 0 spiro atoms. The van der Waals surface area contributed by atoms with Gasteiger partial charge in [0.25, 0.3) is 0 Å². The van der Waals surface area contributed by atoms with E-state index in [1.807, 2.05) is 0 Å². The normalized spacial score (nSPS) is 15.8. The van der Waals surface area contributed by atoms with Crippen LogP contribution in [0.5, 0.6) is 0 Å². The lowest BCUT2D eigenvalue weighted by molar-refractivity contribution is -0.156. The SMILES string of the molecule is CC(O)(Cc1ccc(C(F)(F)F)s1)C(=O)O. The maximum absolute atomic E-state index is 12.2. The zero-order valence-electron chi connectivity index (χ0n) is 8.21. The minimum absolute atomic E-state index is 0.180. The van der Waals surface area contributed by atoms with Crippen molar-refractivity contribution in [3.63, 3.8) is 0 Å². The van der Waals surface area contributed by atoms with E-state index in [9.17, 15) is 23.1 Å². The maximum atomic E-state index is 12.2. The van der Waals surface area contributed by atoms with Gasteiger partial charge in [-0.3, -0.25) is 0 Å². The van der Waals surface area contributed by atoms with Crippen molar-refractivity contribution in [3.8, 4) is 0 Å². The highest BCUT2D eigenvalue weighted by Crippen LogP contribution is 2.35. The number of thiophene rings is 1. The van der Waals surface area contributed by atoms with Gasteiger partial charge in [-0.05, 0) is 19.1 Å². The molecule has 16 heavy (non-hydrogen) atoms. The molecule has 1 rings (SSSR count). The van der Waals surface area contributed by atoms with E-state index in [1.54, 1.807) is 0 Å². The molecule has 0 aliphatic rings. The van der Waals surface area contributed by atoms with Crippen molar-refractivity contribution in [1.29, 1.82) is 0 Å². The van der Waals surface area contributed by atoms with E-state index in [0.717, 1.165) is 13.0 Å². The fourth-order valence-electron chi connectivity index (χ4n) is 1.04. The third-order valence-corrected chi connectivity index (χ3v) is 3.05. The van der Waals surface area contributed by atoms with Crippen LogP contribution in [0.4, 0.5) is 13.2 Å². The average Bonchev–Trinajstić information content (AvgIpc) is 2.50. The van der Waals surface area contributed by atoms with E-state index in [0.29, 0.717) is 11.3 Å². The summed E-state index contributed by atoms with van der Waals surface area (Å²) >= 11 is 0.436. The van der Waals surface area contributed by atoms with Crippen LogP contribution in [0.1, 0.15) is 16.7 Å². The average molecular weight is 254 g/mol. The Bertz CT molecular complexity index is 395. The molecule has 0 radical (unpaired) electrons. The second kappa shape index (κ2) is 4.06. The molecule has 0 bridgehead atoms. The van der Waals surface area contributed by atoms with Crippen LogP contribution in [-0.2, 0) is 17.4 Å². The van der Waals surface area contributed by atoms with Crippen LogP contribution in [0, 0.1) is 0 Å². The van der Waals surface area contributed by atoms with Crippen molar-refractivity contribution >= 4 is 17.3 Å². The van der Waals surface area contributed by atoms with E-state index >= 15 is 0 Å². The number of carbonyl (C=O) groups is 1. The van der Waals surface area contributed by atoms with Crippen LogP contribution in [-0.4, -0.2) is 21.8 Å². The molecule has 0 amide bonds. The highest BCUT2D eigenvalue weighted by Gasteiger charge is 2.35. The molecule has 0 aliphatic heterocycles. The van der Waals surface area contributed by atoms with E-state index in [4.69, 9.17) is 5.11 Å². The monoisotopic (exact) mass is 254 g/mol. The van der Waals surface area contributed by atoms with Crippen LogP contribution in [0.3, 0.4) is 0 Å². The number of aliphatic hydroxyl groups is 1. The molecule has 1 aromatic rings. The number of carboxylic acid groups (broad SMARTS) is 1. The van der Waals surface area contributed by atoms with Gasteiger partial charge in [0.15, 0.2) is 5.60 Å². The number of halogens is 3. The van der Waals surface area contributed by atoms with Gasteiger partial charge in [0.1, 0.15) is 4.88 Å². The van der Waals surface area contributed by atoms with Crippen molar-refractivity contribution in [1.82, 2.24) is 0 Å². The second-order valence-corrected chi connectivity index (χ2v) is 4.69. The minimum atomic E-state index is -4.43. The van der Waals surface area contributed by atoms with Crippen molar-refractivity contribution in [2.75, 3.05) is 0 Å². The quantitative estimate of drug-likeness (QED) is 0.868. The predicted octanol–water partition coefficient (Wildman–Crippen LogP) is 2.14. The van der Waals surface area contributed by atoms with Gasteiger partial charge in [0.2, 0.25) is 0 Å². The molecule has 1 atom stereocenters. The lowest BCUT2D eigenvalue weighted by Gasteiger charge is -2.16. The topological polar surface area (TPSA) is 57.5 Å². The van der Waals surface area contributed by atoms with Crippen molar-refractivity contribution in [2.45, 2.75) is 25.1 Å². The second-order valence-electron chi connectivity index (χ2n) is 3.52. The number of rotatable bonds is 3. The van der Waals surface area contributed by atoms with Gasteiger partial charge in [-0.15, -0.1) is 11.3 Å². The van der Waals surface area contributed by atoms with Crippen LogP contribution < -0.4 is 0 Å². The molecule has 1 heterocycles. The molecular weight excluding hydrogens is 245 g/mol. The van der Waals surface area contributed by atoms with Gasteiger partial charge in [-0.2, -0.15) is 13.2 Å². The molecule has 3 nitrogen and oxygen atoms in total. The number of hydrogen-bond acceptors (Lipinski definition) is 3. The predicted molar refractivity (Wildman–Crippen MR) is 51.3 cm³/mol. The van der Waals surface area contributed by atoms with Gasteiger partial charge in [0.05, 0.1) is 0 Å². The Labute approximate surface area is 93.1 Å². The summed E-state index contributed by atoms with van der Waals surface area (Å²) in [5.41, 5.74) is -2.05. The Morgan fingerprint density at radius 2 is 2.00 bits per heavy atom. The lowest BCUT2D eigenvalue weighted by atomic mass is 10.0. The Morgan fingerprint density at radius 1 is 1.44 bits per heavy atom. The van der Waals surface area contributed by atoms with Crippen LogP contribution in [0.15, 0.2) is 12.1 Å². The fraction of sp³-hybridized carbons (Fsp3) is 0.444. The van der Waals surface area contributed by atoms with Gasteiger partial charge in [-0.1, -0.05) is 0 Å². The van der Waals surface area contributed by atoms with Crippen LogP contribution >= 0.6 is 11.3 Å². The summed E-state index contributed by atoms with van der Waals surface area (Å²) in [4.78, 5) is 9.94. The van der Waals surface area contributed by atoms with E-state index in [2.05, 4.69) is 0 Å². The molecule has 1 aromatic heterocycles. The molecule has 0 saturated carbocycles. The summed E-state index contributed by atoms with van der Waals surface area (Å²) < 4.78 is 36.7. The zero-order valence-corrected chi connectivity index (χ0v) is 9.02. The van der Waals surface area contributed by atoms with Crippen molar-refractivity contribution in [3.05, 3.63) is 21.9 Å². The first kappa shape index (κ1) is 13.0. The molecule has 2 N–H and O–H groups in total. The third-order valence-electron chi connectivity index (χ3n) is 1.92. The van der Waals surface area contributed by atoms with Crippen molar-refractivity contribution < 1.29 is 28.2 Å². The number of hydrogen-bond donors (Lipinski definition) is 2. The first-order valence-corrected chi connectivity index (χ1v) is 5.06. The Balaban J connectivity index is 2.85. The summed E-state index contributed by atoms with van der Waals surface area (Å²) in [5, 5.41) is 18.0. The van der Waals surface area contributed by atoms with Crippen LogP contribution in [0.25, 0.3) is 0 Å². The molecule has 1 unspecified atom stereocenters. The highest BCUT2D eigenvalue weighted by atomic mass is 32.1. The minimum Gasteiger partial charge on any atom is -0.479 e. The number of alkyl halides is 3. The molecule has 0 aromatic carbocycles. The standard InChI is InChI=1S/C9H9F3O3S/c1-8(15,7(13)14)4-5-2-3-6(16-5)9(10,11)12/h2-3,15H,4H2,1H3,(H,13,14). The summed E-state index contributed by atoms with van der Waals surface area (Å²) in [6, 6.07) is 2.04. The van der Waals surface area contributed by atoms with Gasteiger partial charge in [0, 0.05) is 11.3 Å². The molecule has 0 aliphatic carbocycles. The first-order valence-electron chi connectivity index (χ1n) is 4.24. The lowest BCUT2D eigenvalue weighted by Crippen LogP contribution is -2.36. The highest BCUT2D eigenvalue weighted by molar-refractivity contribution is 7.12. The summed E-state index contributed by atoms with van der Waals surface area (Å²) in [7, 11) is 0. The molecular formula is C9H9F3O3S.